The average Bonchev–Trinajstić information content (AvgIpc) is 4.03. The van der Waals surface area contributed by atoms with Gasteiger partial charge in [0.25, 0.3) is 0 Å². The first-order chi connectivity index (χ1) is 23.9. The molecule has 0 atom stereocenters. The van der Waals surface area contributed by atoms with Crippen LogP contribution in [0.25, 0.3) is 10.2 Å². The van der Waals surface area contributed by atoms with Crippen LogP contribution >= 0.6 is 23.6 Å². The summed E-state index contributed by atoms with van der Waals surface area (Å²) in [6.45, 7) is 13.4. The number of nitrogens with zero attached hydrogens (tertiary/aromatic N) is 4. The third-order valence-electron chi connectivity index (χ3n) is 6.44. The zero-order valence-corrected chi connectivity index (χ0v) is 29.6. The highest BCUT2D eigenvalue weighted by molar-refractivity contribution is 7.73. The fraction of sp³-hybridized carbons (Fsp3) is 0.531. The second kappa shape index (κ2) is 32.2. The highest BCUT2D eigenvalue weighted by Crippen LogP contribution is 2.17. The molecule has 0 saturated carbocycles. The number of benzene rings is 1. The standard InChI is InChI=1S/C7H5NS2.C5H11N.C4H10N2.C4H9NO.C4H9N.2C3H4N2.C2H3N3/c9-7-8-5-3-1-2-4-6(5)10-7;1-2-4-6-5-3-1;1-2-6-4-3-5-1;1-3-6-4-2-5-1;1-2-4-5-3-1;1-2-5-3-4-1;1-2-4-5-3-1;1-3-2-5-4-1/h1-4H,(H,8,9);6H,1-5H2;5-6H,1-4H2;5H,1-4H2;5H,1-4H2;2*1-3H,(H,4,5);1-2H,(H,3,4,5). The number of aromatic nitrogens is 8. The van der Waals surface area contributed by atoms with Crippen LogP contribution in [0.3, 0.4) is 0 Å². The van der Waals surface area contributed by atoms with Crippen LogP contribution in [-0.4, -0.2) is 119 Å². The molecule has 266 valence electrons. The van der Waals surface area contributed by atoms with E-state index in [1.54, 1.807) is 42.5 Å². The van der Waals surface area contributed by atoms with Crippen LogP contribution in [-0.2, 0) is 4.74 Å². The molecule has 4 aliphatic heterocycles. The first kappa shape index (κ1) is 40.8. The Morgan fingerprint density at radius 1 is 0.604 bits per heavy atom. The van der Waals surface area contributed by atoms with Crippen LogP contribution in [0.4, 0.5) is 0 Å². The molecule has 1 aromatic carbocycles. The van der Waals surface area contributed by atoms with Gasteiger partial charge in [-0.15, -0.1) is 11.3 Å². The fourth-order valence-corrected chi connectivity index (χ4v) is 5.15. The van der Waals surface area contributed by atoms with E-state index in [9.17, 15) is 0 Å². The maximum absolute atomic E-state index is 5.01. The monoisotopic (exact) mass is 701 g/mol. The van der Waals surface area contributed by atoms with Crippen molar-refractivity contribution in [3.8, 4) is 0 Å². The lowest BCUT2D eigenvalue weighted by atomic mass is 10.2. The summed E-state index contributed by atoms with van der Waals surface area (Å²) >= 11 is 6.59. The van der Waals surface area contributed by atoms with Crippen molar-refractivity contribution in [2.75, 3.05) is 78.7 Å². The van der Waals surface area contributed by atoms with Crippen molar-refractivity contribution in [3.05, 3.63) is 78.1 Å². The Labute approximate surface area is 293 Å². The summed E-state index contributed by atoms with van der Waals surface area (Å²) in [7, 11) is 0. The number of imidazole rings is 1. The number of piperazine rings is 1. The van der Waals surface area contributed by atoms with Crippen molar-refractivity contribution < 1.29 is 4.74 Å². The Bertz CT molecular complexity index is 1080. The average molecular weight is 702 g/mol. The molecule has 4 aliphatic rings. The number of ether oxygens (including phenoxy) is 1. The van der Waals surface area contributed by atoms with Crippen molar-refractivity contribution in [2.45, 2.75) is 32.1 Å². The lowest BCUT2D eigenvalue weighted by Crippen LogP contribution is -2.39. The highest BCUT2D eigenvalue weighted by atomic mass is 32.1. The quantitative estimate of drug-likeness (QED) is 0.108. The normalized spacial score (nSPS) is 16.2. The third kappa shape index (κ3) is 25.7. The molecule has 4 saturated heterocycles. The Balaban J connectivity index is 0.000000193. The summed E-state index contributed by atoms with van der Waals surface area (Å²) in [5.41, 5.74) is 1.14. The SMILES string of the molecule is C1CCNC1.C1CCNCC1.C1CNCCN1.C1COCCN1.S=c1[nH]c2ccccc2s1.c1c[nH]cn1.c1cn[nH]c1.c1nc[nH]n1. The van der Waals surface area contributed by atoms with E-state index in [-0.39, 0.29) is 0 Å². The first-order valence-electron chi connectivity index (χ1n) is 16.7. The molecule has 8 heterocycles. The highest BCUT2D eigenvalue weighted by Gasteiger charge is 1.95. The molecule has 4 aromatic heterocycles. The van der Waals surface area contributed by atoms with Gasteiger partial charge in [0.05, 0.1) is 29.8 Å². The zero-order valence-electron chi connectivity index (χ0n) is 28.0. The second-order valence-electron chi connectivity index (χ2n) is 10.3. The van der Waals surface area contributed by atoms with Crippen LogP contribution in [0.1, 0.15) is 32.1 Å². The molecule has 16 heteroatoms. The fourth-order valence-electron chi connectivity index (χ4n) is 4.04. The Morgan fingerprint density at radius 2 is 1.25 bits per heavy atom. The molecular formula is C32H55N13OS2. The van der Waals surface area contributed by atoms with Gasteiger partial charge in [-0.2, -0.15) is 10.2 Å². The van der Waals surface area contributed by atoms with E-state index in [1.807, 2.05) is 24.3 Å². The van der Waals surface area contributed by atoms with Crippen LogP contribution in [0.2, 0.25) is 0 Å². The van der Waals surface area contributed by atoms with E-state index < -0.39 is 0 Å². The summed E-state index contributed by atoms with van der Waals surface area (Å²) in [5, 5.41) is 28.3. The second-order valence-corrected chi connectivity index (χ2v) is 12.0. The van der Waals surface area contributed by atoms with Gasteiger partial charge in [-0.05, 0) is 82.3 Å². The summed E-state index contributed by atoms with van der Waals surface area (Å²) in [5.74, 6) is 0. The van der Waals surface area contributed by atoms with Gasteiger partial charge in [-0.3, -0.25) is 10.2 Å². The van der Waals surface area contributed by atoms with Gasteiger partial charge >= 0.3 is 0 Å². The number of nitrogens with one attached hydrogen (secondary N) is 9. The van der Waals surface area contributed by atoms with E-state index >= 15 is 0 Å². The Kier molecular flexibility index (Phi) is 27.4. The predicted octanol–water partition coefficient (Wildman–Crippen LogP) is 3.50. The third-order valence-corrected chi connectivity index (χ3v) is 7.65. The van der Waals surface area contributed by atoms with Gasteiger partial charge in [0.15, 0.2) is 3.95 Å². The van der Waals surface area contributed by atoms with Gasteiger partial charge in [0, 0.05) is 64.1 Å². The number of thiazole rings is 1. The molecule has 4 fully saturated rings. The molecular weight excluding hydrogens is 647 g/mol. The van der Waals surface area contributed by atoms with E-state index in [2.05, 4.69) is 73.0 Å². The molecule has 5 aromatic rings. The topological polar surface area (TPSA) is 184 Å². The number of para-hydroxylation sites is 1. The largest absolute Gasteiger partial charge is 0.379 e. The minimum atomic E-state index is 0.848. The lowest BCUT2D eigenvalue weighted by molar-refractivity contribution is 0.109. The van der Waals surface area contributed by atoms with E-state index in [0.29, 0.717) is 0 Å². The zero-order chi connectivity index (χ0) is 33.8. The smallest absolute Gasteiger partial charge is 0.159 e. The Morgan fingerprint density at radius 3 is 1.56 bits per heavy atom. The number of hydrogen-bond acceptors (Lipinski definition) is 12. The minimum Gasteiger partial charge on any atom is -0.379 e. The van der Waals surface area contributed by atoms with Gasteiger partial charge in [-0.1, -0.05) is 18.6 Å². The van der Waals surface area contributed by atoms with Crippen molar-refractivity contribution in [1.82, 2.24) is 66.9 Å². The molecule has 0 radical (unpaired) electrons. The molecule has 9 N–H and O–H groups in total. The number of piperidine rings is 1. The van der Waals surface area contributed by atoms with Crippen LogP contribution in [0, 0.1) is 3.95 Å². The van der Waals surface area contributed by atoms with Crippen LogP contribution in [0.5, 0.6) is 0 Å². The number of aromatic amines is 4. The van der Waals surface area contributed by atoms with E-state index in [1.165, 1.54) is 75.6 Å². The van der Waals surface area contributed by atoms with Crippen molar-refractivity contribution in [1.29, 1.82) is 0 Å². The van der Waals surface area contributed by atoms with Crippen LogP contribution in [0.15, 0.2) is 74.1 Å². The predicted molar refractivity (Wildman–Crippen MR) is 199 cm³/mol. The number of hydrogen-bond donors (Lipinski definition) is 9. The summed E-state index contributed by atoms with van der Waals surface area (Å²) in [4.78, 5) is 13.1. The summed E-state index contributed by atoms with van der Waals surface area (Å²) in [6, 6.07) is 9.94. The summed E-state index contributed by atoms with van der Waals surface area (Å²) < 4.78 is 7.08. The Hall–Kier alpha value is -3.35. The van der Waals surface area contributed by atoms with Gasteiger partial charge < -0.3 is 41.3 Å². The van der Waals surface area contributed by atoms with E-state index in [0.717, 1.165) is 62.0 Å². The van der Waals surface area contributed by atoms with Gasteiger partial charge in [0.2, 0.25) is 0 Å². The van der Waals surface area contributed by atoms with Crippen molar-refractivity contribution in [2.24, 2.45) is 0 Å². The molecule has 0 amide bonds. The number of H-pyrrole nitrogens is 4. The number of morpholine rings is 1. The first-order valence-corrected chi connectivity index (χ1v) is 17.9. The maximum Gasteiger partial charge on any atom is 0.159 e. The van der Waals surface area contributed by atoms with Crippen molar-refractivity contribution >= 4 is 33.8 Å². The molecule has 0 bridgehead atoms. The molecule has 0 spiro atoms. The lowest BCUT2D eigenvalue weighted by Gasteiger charge is -2.11. The van der Waals surface area contributed by atoms with E-state index in [4.69, 9.17) is 17.0 Å². The number of rotatable bonds is 0. The number of fused-ring (bicyclic) bond motifs is 1. The van der Waals surface area contributed by atoms with Gasteiger partial charge in [0.1, 0.15) is 12.7 Å². The maximum atomic E-state index is 5.01. The summed E-state index contributed by atoms with van der Waals surface area (Å²) in [6.07, 6.45) is 18.5. The molecule has 0 aliphatic carbocycles. The van der Waals surface area contributed by atoms with Crippen LogP contribution < -0.4 is 26.6 Å². The molecule has 14 nitrogen and oxygen atoms in total. The van der Waals surface area contributed by atoms with Gasteiger partial charge in [-0.25, -0.2) is 9.97 Å². The van der Waals surface area contributed by atoms with Crippen molar-refractivity contribution in [3.63, 3.8) is 0 Å². The molecule has 0 unspecified atom stereocenters. The molecule has 48 heavy (non-hydrogen) atoms. The minimum absolute atomic E-state index is 0.848. The molecule has 9 rings (SSSR count).